The first-order chi connectivity index (χ1) is 8.88. The van der Waals surface area contributed by atoms with Crippen molar-refractivity contribution < 1.29 is 9.50 Å². The third-order valence-corrected chi connectivity index (χ3v) is 3.66. The van der Waals surface area contributed by atoms with Gasteiger partial charge in [0.15, 0.2) is 0 Å². The Morgan fingerprint density at radius 2 is 2.16 bits per heavy atom. The minimum Gasteiger partial charge on any atom is -0.386 e. The molecule has 19 heavy (non-hydrogen) atoms. The molecule has 102 valence electrons. The van der Waals surface area contributed by atoms with Gasteiger partial charge in [-0.15, -0.1) is 11.3 Å². The van der Waals surface area contributed by atoms with E-state index in [1.165, 1.54) is 29.7 Å². The fourth-order valence-corrected chi connectivity index (χ4v) is 2.71. The Bertz CT molecular complexity index is 563. The monoisotopic (exact) mass is 280 g/mol. The maximum absolute atomic E-state index is 13.5. The molecule has 1 N–H and O–H groups in total. The lowest BCUT2D eigenvalue weighted by Crippen LogP contribution is -2.12. The highest BCUT2D eigenvalue weighted by Gasteiger charge is 2.20. The van der Waals surface area contributed by atoms with Crippen molar-refractivity contribution in [1.29, 1.82) is 0 Å². The number of aromatic nitrogens is 2. The summed E-state index contributed by atoms with van der Waals surface area (Å²) >= 11 is 1.48. The maximum atomic E-state index is 13.5. The van der Waals surface area contributed by atoms with Gasteiger partial charge in [0.2, 0.25) is 0 Å². The van der Waals surface area contributed by atoms with Crippen molar-refractivity contribution in [2.75, 3.05) is 0 Å². The second-order valence-electron chi connectivity index (χ2n) is 5.47. The predicted molar refractivity (Wildman–Crippen MR) is 73.7 cm³/mol. The molecule has 0 saturated heterocycles. The summed E-state index contributed by atoms with van der Waals surface area (Å²) in [4.78, 5) is 8.37. The first kappa shape index (κ1) is 14.1. The van der Waals surface area contributed by atoms with Gasteiger partial charge in [0.05, 0.1) is 10.7 Å². The van der Waals surface area contributed by atoms with E-state index in [2.05, 4.69) is 30.7 Å². The molecule has 1 unspecified atom stereocenters. The van der Waals surface area contributed by atoms with Crippen LogP contribution in [0.5, 0.6) is 0 Å². The Labute approximate surface area is 116 Å². The molecule has 0 fully saturated rings. The molecule has 0 spiro atoms. The van der Waals surface area contributed by atoms with Crippen LogP contribution in [0.4, 0.5) is 4.39 Å². The van der Waals surface area contributed by atoms with Crippen LogP contribution in [-0.2, 0) is 11.8 Å². The van der Waals surface area contributed by atoms with Gasteiger partial charge in [0.1, 0.15) is 17.6 Å². The summed E-state index contributed by atoms with van der Waals surface area (Å²) < 4.78 is 13.5. The van der Waals surface area contributed by atoms with Gasteiger partial charge in [-0.1, -0.05) is 20.8 Å². The lowest BCUT2D eigenvalue weighted by atomic mass is 9.93. The van der Waals surface area contributed by atoms with E-state index in [1.807, 2.05) is 5.38 Å². The van der Waals surface area contributed by atoms with Crippen molar-refractivity contribution >= 4 is 11.3 Å². The lowest BCUT2D eigenvalue weighted by molar-refractivity contribution is 0.168. The summed E-state index contributed by atoms with van der Waals surface area (Å²) in [7, 11) is 0. The molecule has 0 saturated carbocycles. The van der Waals surface area contributed by atoms with Crippen LogP contribution >= 0.6 is 11.3 Å². The Balaban J connectivity index is 2.14. The Hall–Kier alpha value is -1.33. The van der Waals surface area contributed by atoms with E-state index in [0.717, 1.165) is 10.7 Å². The van der Waals surface area contributed by atoms with Crippen LogP contribution in [-0.4, -0.2) is 15.1 Å². The summed E-state index contributed by atoms with van der Waals surface area (Å²) in [5, 5.41) is 12.8. The van der Waals surface area contributed by atoms with Crippen molar-refractivity contribution in [1.82, 2.24) is 9.97 Å². The van der Waals surface area contributed by atoms with Crippen molar-refractivity contribution in [2.45, 2.75) is 38.7 Å². The van der Waals surface area contributed by atoms with Crippen LogP contribution < -0.4 is 0 Å². The molecular formula is C14H17FN2OS. The zero-order valence-corrected chi connectivity index (χ0v) is 12.0. The van der Waals surface area contributed by atoms with Gasteiger partial charge in [-0.3, -0.25) is 4.98 Å². The number of pyridine rings is 1. The minimum absolute atomic E-state index is 0.0179. The SMILES string of the molecule is CC(C)(C)c1csc(CC(O)c2ncccc2F)n1. The highest BCUT2D eigenvalue weighted by atomic mass is 32.1. The Morgan fingerprint density at radius 3 is 2.74 bits per heavy atom. The number of aliphatic hydroxyl groups is 1. The molecule has 2 aromatic heterocycles. The van der Waals surface area contributed by atoms with Gasteiger partial charge < -0.3 is 5.11 Å². The highest BCUT2D eigenvalue weighted by Crippen LogP contribution is 2.26. The number of rotatable bonds is 3. The lowest BCUT2D eigenvalue weighted by Gasteiger charge is -2.14. The second-order valence-corrected chi connectivity index (χ2v) is 6.41. The summed E-state index contributed by atoms with van der Waals surface area (Å²) in [6, 6.07) is 2.81. The molecular weight excluding hydrogens is 263 g/mol. The molecule has 0 aliphatic heterocycles. The zero-order valence-electron chi connectivity index (χ0n) is 11.2. The molecule has 2 rings (SSSR count). The third-order valence-electron chi connectivity index (χ3n) is 2.79. The normalized spacial score (nSPS) is 13.5. The van der Waals surface area contributed by atoms with Crippen LogP contribution in [0.15, 0.2) is 23.7 Å². The summed E-state index contributed by atoms with van der Waals surface area (Å²) in [6.07, 6.45) is 0.804. The maximum Gasteiger partial charge on any atom is 0.147 e. The third kappa shape index (κ3) is 3.36. The largest absolute Gasteiger partial charge is 0.386 e. The highest BCUT2D eigenvalue weighted by molar-refractivity contribution is 7.09. The Morgan fingerprint density at radius 1 is 1.42 bits per heavy atom. The van der Waals surface area contributed by atoms with E-state index < -0.39 is 11.9 Å². The predicted octanol–water partition coefficient (Wildman–Crippen LogP) is 3.25. The fourth-order valence-electron chi connectivity index (χ4n) is 1.65. The van der Waals surface area contributed by atoms with Gasteiger partial charge >= 0.3 is 0 Å². The van der Waals surface area contributed by atoms with Crippen molar-refractivity contribution in [2.24, 2.45) is 0 Å². The van der Waals surface area contributed by atoms with Crippen LogP contribution in [0.2, 0.25) is 0 Å². The average Bonchev–Trinajstić information content (AvgIpc) is 2.77. The van der Waals surface area contributed by atoms with E-state index in [0.29, 0.717) is 0 Å². The minimum atomic E-state index is -0.958. The van der Waals surface area contributed by atoms with Crippen molar-refractivity contribution in [3.63, 3.8) is 0 Å². The van der Waals surface area contributed by atoms with Crippen LogP contribution in [0.25, 0.3) is 0 Å². The van der Waals surface area contributed by atoms with Gasteiger partial charge in [0, 0.05) is 23.4 Å². The van der Waals surface area contributed by atoms with E-state index in [4.69, 9.17) is 0 Å². The van der Waals surface area contributed by atoms with E-state index in [-0.39, 0.29) is 17.5 Å². The number of nitrogens with zero attached hydrogens (tertiary/aromatic N) is 2. The number of thiazole rings is 1. The van der Waals surface area contributed by atoms with Gasteiger partial charge in [-0.05, 0) is 12.1 Å². The number of hydrogen-bond acceptors (Lipinski definition) is 4. The standard InChI is InChI=1S/C14H17FN2OS/c1-14(2,3)11-8-19-12(17-11)7-10(18)13-9(15)5-4-6-16-13/h4-6,8,10,18H,7H2,1-3H3. The van der Waals surface area contributed by atoms with E-state index in [1.54, 1.807) is 0 Å². The number of aliphatic hydroxyl groups excluding tert-OH is 1. The number of hydrogen-bond donors (Lipinski definition) is 1. The molecule has 2 heterocycles. The molecule has 1 atom stereocenters. The van der Waals surface area contributed by atoms with E-state index in [9.17, 15) is 9.50 Å². The van der Waals surface area contributed by atoms with Gasteiger partial charge in [-0.2, -0.15) is 0 Å². The van der Waals surface area contributed by atoms with Gasteiger partial charge in [-0.25, -0.2) is 9.37 Å². The zero-order chi connectivity index (χ0) is 14.0. The summed E-state index contributed by atoms with van der Waals surface area (Å²) in [6.45, 7) is 6.25. The van der Waals surface area contributed by atoms with Gasteiger partial charge in [0.25, 0.3) is 0 Å². The molecule has 0 radical (unpaired) electrons. The van der Waals surface area contributed by atoms with Crippen molar-refractivity contribution in [3.8, 4) is 0 Å². The van der Waals surface area contributed by atoms with E-state index >= 15 is 0 Å². The quantitative estimate of drug-likeness (QED) is 0.938. The topological polar surface area (TPSA) is 46.0 Å². The molecule has 3 nitrogen and oxygen atoms in total. The van der Waals surface area contributed by atoms with Crippen molar-refractivity contribution in [3.05, 3.63) is 45.9 Å². The summed E-state index contributed by atoms with van der Waals surface area (Å²) in [5.74, 6) is -0.484. The average molecular weight is 280 g/mol. The molecule has 0 aromatic carbocycles. The van der Waals surface area contributed by atoms with Crippen LogP contribution in [0, 0.1) is 5.82 Å². The molecule has 0 amide bonds. The second kappa shape index (κ2) is 5.35. The molecule has 5 heteroatoms. The van der Waals surface area contributed by atoms with Crippen LogP contribution in [0.3, 0.4) is 0 Å². The first-order valence-corrected chi connectivity index (χ1v) is 6.99. The molecule has 2 aromatic rings. The first-order valence-electron chi connectivity index (χ1n) is 6.11. The smallest absolute Gasteiger partial charge is 0.147 e. The number of halogens is 1. The Kier molecular flexibility index (Phi) is 3.96. The summed E-state index contributed by atoms with van der Waals surface area (Å²) in [5.41, 5.74) is 1.05. The van der Waals surface area contributed by atoms with Crippen LogP contribution in [0.1, 0.15) is 43.3 Å². The molecule has 0 aliphatic carbocycles. The molecule has 0 bridgehead atoms. The molecule has 0 aliphatic rings. The fraction of sp³-hybridized carbons (Fsp3) is 0.429.